The second kappa shape index (κ2) is 7.29. The van der Waals surface area contributed by atoms with E-state index in [1.54, 1.807) is 12.1 Å². The lowest BCUT2D eigenvalue weighted by Crippen LogP contribution is -2.45. The Bertz CT molecular complexity index is 774. The fourth-order valence-corrected chi connectivity index (χ4v) is 2.99. The van der Waals surface area contributed by atoms with Crippen molar-refractivity contribution in [3.63, 3.8) is 0 Å². The molecule has 0 spiro atoms. The van der Waals surface area contributed by atoms with Crippen LogP contribution < -0.4 is 10.2 Å². The van der Waals surface area contributed by atoms with E-state index in [0.717, 1.165) is 6.07 Å². The largest absolute Gasteiger partial charge is 0.369 e. The van der Waals surface area contributed by atoms with Crippen LogP contribution >= 0.6 is 0 Å². The molecule has 0 unspecified atom stereocenters. The summed E-state index contributed by atoms with van der Waals surface area (Å²) in [6.45, 7) is 1.16. The van der Waals surface area contributed by atoms with Crippen molar-refractivity contribution in [3.8, 4) is 0 Å². The summed E-state index contributed by atoms with van der Waals surface area (Å²) in [6.07, 6.45) is 1.38. The summed E-state index contributed by atoms with van der Waals surface area (Å²) in [5.41, 5.74) is 0.719. The predicted octanol–water partition coefficient (Wildman–Crippen LogP) is 3.13. The Morgan fingerprint density at radius 2 is 1.84 bits per heavy atom. The maximum Gasteiger partial charge on any atom is 0.272 e. The molecule has 0 aromatic heterocycles. The number of nitro benzene ring substituents is 1. The zero-order valence-corrected chi connectivity index (χ0v) is 13.5. The van der Waals surface area contributed by atoms with Crippen LogP contribution in [0.3, 0.4) is 0 Å². The first-order chi connectivity index (χ1) is 12.0. The van der Waals surface area contributed by atoms with Gasteiger partial charge >= 0.3 is 0 Å². The minimum atomic E-state index is -0.613. The van der Waals surface area contributed by atoms with Gasteiger partial charge < -0.3 is 10.2 Å². The smallest absolute Gasteiger partial charge is 0.272 e. The van der Waals surface area contributed by atoms with Crippen molar-refractivity contribution >= 4 is 17.3 Å². The van der Waals surface area contributed by atoms with Crippen molar-refractivity contribution < 1.29 is 14.1 Å². The number of benzene rings is 2. The Morgan fingerprint density at radius 1 is 1.16 bits per heavy atom. The van der Waals surface area contributed by atoms with Crippen molar-refractivity contribution in [3.05, 3.63) is 70.0 Å². The van der Waals surface area contributed by atoms with Crippen LogP contribution in [0.5, 0.6) is 0 Å². The van der Waals surface area contributed by atoms with Gasteiger partial charge in [0.1, 0.15) is 0 Å². The number of nitrogens with zero attached hydrogens (tertiary/aromatic N) is 2. The molecule has 0 saturated carbocycles. The molecule has 1 fully saturated rings. The minimum Gasteiger partial charge on any atom is -0.369 e. The second-order valence-electron chi connectivity index (χ2n) is 5.99. The average Bonchev–Trinajstić information content (AvgIpc) is 2.63. The molecule has 0 bridgehead atoms. The van der Waals surface area contributed by atoms with Crippen molar-refractivity contribution in [1.29, 1.82) is 0 Å². The quantitative estimate of drug-likeness (QED) is 0.683. The average molecular weight is 343 g/mol. The molecule has 1 aliphatic heterocycles. The van der Waals surface area contributed by atoms with E-state index in [9.17, 15) is 19.3 Å². The maximum absolute atomic E-state index is 14.1. The van der Waals surface area contributed by atoms with Crippen molar-refractivity contribution in [2.75, 3.05) is 18.0 Å². The van der Waals surface area contributed by atoms with Crippen LogP contribution in [0.15, 0.2) is 48.5 Å². The molecule has 3 rings (SSSR count). The first-order valence-electron chi connectivity index (χ1n) is 8.09. The number of carbonyl (C=O) groups is 1. The van der Waals surface area contributed by atoms with Gasteiger partial charge in [0.05, 0.1) is 16.7 Å². The lowest BCUT2D eigenvalue weighted by atomic mass is 10.0. The topological polar surface area (TPSA) is 75.5 Å². The molecule has 1 aliphatic rings. The molecule has 6 nitrogen and oxygen atoms in total. The molecule has 0 radical (unpaired) electrons. The molecule has 7 heteroatoms. The number of rotatable bonds is 4. The number of nitro groups is 1. The number of amides is 1. The molecule has 130 valence electrons. The van der Waals surface area contributed by atoms with E-state index in [1.165, 1.54) is 12.1 Å². The highest BCUT2D eigenvalue weighted by atomic mass is 19.1. The van der Waals surface area contributed by atoms with Crippen LogP contribution in [0.1, 0.15) is 23.2 Å². The number of non-ortho nitro benzene ring substituents is 1. The summed E-state index contributed by atoms with van der Waals surface area (Å²) in [4.78, 5) is 24.1. The van der Waals surface area contributed by atoms with Crippen LogP contribution in [-0.2, 0) is 0 Å². The van der Waals surface area contributed by atoms with Gasteiger partial charge in [0.2, 0.25) is 0 Å². The monoisotopic (exact) mass is 343 g/mol. The summed E-state index contributed by atoms with van der Waals surface area (Å²) in [7, 11) is 0. The Morgan fingerprint density at radius 3 is 2.44 bits per heavy atom. The summed E-state index contributed by atoms with van der Waals surface area (Å²) in [5, 5.41) is 13.7. The van der Waals surface area contributed by atoms with Crippen molar-refractivity contribution in [2.45, 2.75) is 18.9 Å². The van der Waals surface area contributed by atoms with Crippen LogP contribution in [0, 0.1) is 15.9 Å². The number of hydrogen-bond donors (Lipinski definition) is 1. The molecule has 1 N–H and O–H groups in total. The van der Waals surface area contributed by atoms with E-state index in [2.05, 4.69) is 5.32 Å². The van der Waals surface area contributed by atoms with E-state index in [0.29, 0.717) is 37.2 Å². The summed E-state index contributed by atoms with van der Waals surface area (Å²) in [6, 6.07) is 12.7. The first kappa shape index (κ1) is 16.9. The van der Waals surface area contributed by atoms with Gasteiger partial charge in [-0.25, -0.2) is 4.39 Å². The number of halogens is 1. The van der Waals surface area contributed by atoms with E-state index in [4.69, 9.17) is 0 Å². The maximum atomic E-state index is 14.1. The molecular formula is C18H18FN3O3. The molecule has 1 heterocycles. The number of anilines is 1. The standard InChI is InChI=1S/C18H18FN3O3/c19-16-12-15(22(24)25)6-7-17(16)21-10-8-14(9-11-21)20-18(23)13-4-2-1-3-5-13/h1-7,12,14H,8-11H2,(H,20,23). The summed E-state index contributed by atoms with van der Waals surface area (Å²) in [5.74, 6) is -0.707. The first-order valence-corrected chi connectivity index (χ1v) is 8.09. The zero-order chi connectivity index (χ0) is 17.8. The number of piperidine rings is 1. The molecule has 0 aliphatic carbocycles. The van der Waals surface area contributed by atoms with Gasteiger partial charge in [0.25, 0.3) is 11.6 Å². The van der Waals surface area contributed by atoms with Gasteiger partial charge in [-0.3, -0.25) is 14.9 Å². The lowest BCUT2D eigenvalue weighted by Gasteiger charge is -2.34. The third-order valence-corrected chi connectivity index (χ3v) is 4.35. The van der Waals surface area contributed by atoms with Crippen LogP contribution in [0.2, 0.25) is 0 Å². The van der Waals surface area contributed by atoms with Crippen LogP contribution in [0.4, 0.5) is 15.8 Å². The molecule has 1 amide bonds. The number of nitrogens with one attached hydrogen (secondary N) is 1. The van der Waals surface area contributed by atoms with Crippen LogP contribution in [-0.4, -0.2) is 30.0 Å². The Labute approximate surface area is 144 Å². The fraction of sp³-hybridized carbons (Fsp3) is 0.278. The number of carbonyl (C=O) groups excluding carboxylic acids is 1. The van der Waals surface area contributed by atoms with Gasteiger partial charge in [0, 0.05) is 30.8 Å². The van der Waals surface area contributed by atoms with Gasteiger partial charge in [-0.05, 0) is 31.0 Å². The molecule has 0 atom stereocenters. The van der Waals surface area contributed by atoms with E-state index in [-0.39, 0.29) is 17.6 Å². The van der Waals surface area contributed by atoms with E-state index >= 15 is 0 Å². The third-order valence-electron chi connectivity index (χ3n) is 4.35. The molecule has 1 saturated heterocycles. The molecule has 2 aromatic carbocycles. The highest BCUT2D eigenvalue weighted by Gasteiger charge is 2.23. The van der Waals surface area contributed by atoms with Crippen LogP contribution in [0.25, 0.3) is 0 Å². The normalized spacial score (nSPS) is 15.0. The van der Waals surface area contributed by atoms with Gasteiger partial charge in [-0.2, -0.15) is 0 Å². The molecular weight excluding hydrogens is 325 g/mol. The van der Waals surface area contributed by atoms with Gasteiger partial charge in [-0.15, -0.1) is 0 Å². The Balaban J connectivity index is 1.59. The van der Waals surface area contributed by atoms with Crippen molar-refractivity contribution in [1.82, 2.24) is 5.32 Å². The zero-order valence-electron chi connectivity index (χ0n) is 13.5. The molecule has 25 heavy (non-hydrogen) atoms. The van der Waals surface area contributed by atoms with Crippen molar-refractivity contribution in [2.24, 2.45) is 0 Å². The lowest BCUT2D eigenvalue weighted by molar-refractivity contribution is -0.385. The minimum absolute atomic E-state index is 0.0325. The van der Waals surface area contributed by atoms with E-state index < -0.39 is 10.7 Å². The van der Waals surface area contributed by atoms with Gasteiger partial charge in [-0.1, -0.05) is 18.2 Å². The molecule has 2 aromatic rings. The van der Waals surface area contributed by atoms with Gasteiger partial charge in [0.15, 0.2) is 5.82 Å². The third kappa shape index (κ3) is 3.93. The predicted molar refractivity (Wildman–Crippen MR) is 92.2 cm³/mol. The number of hydrogen-bond acceptors (Lipinski definition) is 4. The summed E-state index contributed by atoms with van der Waals surface area (Å²) >= 11 is 0. The Kier molecular flexibility index (Phi) is 4.92. The highest BCUT2D eigenvalue weighted by Crippen LogP contribution is 2.26. The SMILES string of the molecule is O=C(NC1CCN(c2ccc([N+](=O)[O-])cc2F)CC1)c1ccccc1. The second-order valence-corrected chi connectivity index (χ2v) is 5.99. The Hall–Kier alpha value is -2.96. The highest BCUT2D eigenvalue weighted by molar-refractivity contribution is 5.94. The summed E-state index contributed by atoms with van der Waals surface area (Å²) < 4.78 is 14.1. The fourth-order valence-electron chi connectivity index (χ4n) is 2.99. The van der Waals surface area contributed by atoms with E-state index in [1.807, 2.05) is 23.1 Å².